The molecule has 0 unspecified atom stereocenters. The molecule has 1 fully saturated rings. The molecule has 1 aromatic heterocycles. The van der Waals surface area contributed by atoms with Crippen molar-refractivity contribution in [1.29, 1.82) is 0 Å². The van der Waals surface area contributed by atoms with E-state index < -0.39 is 0 Å². The van der Waals surface area contributed by atoms with E-state index in [0.717, 1.165) is 49.7 Å². The second-order valence-electron chi connectivity index (χ2n) is 6.30. The van der Waals surface area contributed by atoms with Crippen LogP contribution in [0.2, 0.25) is 0 Å². The third kappa shape index (κ3) is 2.92. The molecule has 3 heterocycles. The monoisotopic (exact) mass is 304 g/mol. The van der Waals surface area contributed by atoms with Crippen LogP contribution in [0.5, 0.6) is 0 Å². The number of amides is 1. The molecule has 0 spiro atoms. The van der Waals surface area contributed by atoms with E-state index in [4.69, 9.17) is 4.74 Å². The average molecular weight is 304 g/mol. The van der Waals surface area contributed by atoms with Crippen LogP contribution in [-0.4, -0.2) is 61.2 Å². The fraction of sp³-hybridized carbons (Fsp3) is 0.688. The summed E-state index contributed by atoms with van der Waals surface area (Å²) in [5.74, 6) is 2.07. The van der Waals surface area contributed by atoms with Crippen molar-refractivity contribution in [2.45, 2.75) is 26.2 Å². The Morgan fingerprint density at radius 3 is 2.73 bits per heavy atom. The van der Waals surface area contributed by atoms with Gasteiger partial charge >= 0.3 is 0 Å². The number of hydrogen-bond donors (Lipinski definition) is 0. The van der Waals surface area contributed by atoms with Gasteiger partial charge in [0.25, 0.3) is 0 Å². The third-order valence-electron chi connectivity index (χ3n) is 4.45. The lowest BCUT2D eigenvalue weighted by Crippen LogP contribution is -2.38. The zero-order valence-electron chi connectivity index (χ0n) is 13.6. The standard InChI is InChI=1S/C16H24N4O2/c1-11-17-14-5-8-20(16(21)12-6-9-22-10-12)7-4-13(14)15(18-11)19(2)3/h12H,4-10H2,1-3H3/t12-/m1/s1. The van der Waals surface area contributed by atoms with Crippen molar-refractivity contribution in [3.63, 3.8) is 0 Å². The molecule has 0 bridgehead atoms. The van der Waals surface area contributed by atoms with Crippen LogP contribution in [0.3, 0.4) is 0 Å². The molecule has 6 nitrogen and oxygen atoms in total. The van der Waals surface area contributed by atoms with Crippen molar-refractivity contribution in [3.8, 4) is 0 Å². The van der Waals surface area contributed by atoms with E-state index >= 15 is 0 Å². The highest BCUT2D eigenvalue weighted by atomic mass is 16.5. The number of anilines is 1. The Hall–Kier alpha value is -1.69. The molecule has 0 radical (unpaired) electrons. The van der Waals surface area contributed by atoms with E-state index in [-0.39, 0.29) is 11.8 Å². The van der Waals surface area contributed by atoms with Gasteiger partial charge in [0, 0.05) is 45.8 Å². The summed E-state index contributed by atoms with van der Waals surface area (Å²) < 4.78 is 5.35. The van der Waals surface area contributed by atoms with Gasteiger partial charge in [-0.3, -0.25) is 4.79 Å². The number of nitrogens with zero attached hydrogens (tertiary/aromatic N) is 4. The Kier molecular flexibility index (Phi) is 4.29. The average Bonchev–Trinajstić information content (AvgIpc) is 2.93. The van der Waals surface area contributed by atoms with E-state index in [2.05, 4.69) is 9.97 Å². The Bertz CT molecular complexity index is 568. The molecule has 1 atom stereocenters. The molecule has 3 rings (SSSR count). The summed E-state index contributed by atoms with van der Waals surface area (Å²) in [6, 6.07) is 0. The smallest absolute Gasteiger partial charge is 0.228 e. The minimum Gasteiger partial charge on any atom is -0.381 e. The molecule has 0 aromatic carbocycles. The molecular weight excluding hydrogens is 280 g/mol. The first kappa shape index (κ1) is 15.2. The summed E-state index contributed by atoms with van der Waals surface area (Å²) in [4.78, 5) is 25.8. The van der Waals surface area contributed by atoms with E-state index in [0.29, 0.717) is 13.2 Å². The van der Waals surface area contributed by atoms with Gasteiger partial charge in [0.1, 0.15) is 11.6 Å². The van der Waals surface area contributed by atoms with Crippen LogP contribution in [0.15, 0.2) is 0 Å². The van der Waals surface area contributed by atoms with Crippen molar-refractivity contribution in [2.75, 3.05) is 45.3 Å². The number of carbonyl (C=O) groups is 1. The molecule has 120 valence electrons. The zero-order valence-corrected chi connectivity index (χ0v) is 13.6. The molecule has 22 heavy (non-hydrogen) atoms. The molecule has 1 amide bonds. The van der Waals surface area contributed by atoms with Crippen LogP contribution in [0.4, 0.5) is 5.82 Å². The fourth-order valence-electron chi connectivity index (χ4n) is 3.28. The molecule has 2 aliphatic rings. The van der Waals surface area contributed by atoms with Gasteiger partial charge in [0.2, 0.25) is 5.91 Å². The highest BCUT2D eigenvalue weighted by Gasteiger charge is 2.30. The largest absolute Gasteiger partial charge is 0.381 e. The molecule has 1 saturated heterocycles. The summed E-state index contributed by atoms with van der Waals surface area (Å²) in [6.45, 7) is 4.70. The van der Waals surface area contributed by atoms with Crippen molar-refractivity contribution < 1.29 is 9.53 Å². The van der Waals surface area contributed by atoms with Gasteiger partial charge in [-0.15, -0.1) is 0 Å². The highest BCUT2D eigenvalue weighted by Crippen LogP contribution is 2.24. The predicted molar refractivity (Wildman–Crippen MR) is 84.0 cm³/mol. The fourth-order valence-corrected chi connectivity index (χ4v) is 3.28. The minimum absolute atomic E-state index is 0.0438. The molecule has 2 aliphatic heterocycles. The summed E-state index contributed by atoms with van der Waals surface area (Å²) in [7, 11) is 4.01. The van der Waals surface area contributed by atoms with Crippen molar-refractivity contribution >= 4 is 11.7 Å². The zero-order chi connectivity index (χ0) is 15.7. The number of fused-ring (bicyclic) bond motifs is 1. The first-order valence-corrected chi connectivity index (χ1v) is 7.96. The molecule has 0 N–H and O–H groups in total. The van der Waals surface area contributed by atoms with Gasteiger partial charge in [0.05, 0.1) is 18.2 Å². The second kappa shape index (κ2) is 6.20. The Morgan fingerprint density at radius 1 is 1.27 bits per heavy atom. The lowest BCUT2D eigenvalue weighted by atomic mass is 10.1. The van der Waals surface area contributed by atoms with Crippen LogP contribution >= 0.6 is 0 Å². The topological polar surface area (TPSA) is 58.6 Å². The van der Waals surface area contributed by atoms with Gasteiger partial charge in [-0.2, -0.15) is 0 Å². The minimum atomic E-state index is 0.0438. The summed E-state index contributed by atoms with van der Waals surface area (Å²) in [5.41, 5.74) is 2.28. The van der Waals surface area contributed by atoms with Crippen molar-refractivity contribution in [1.82, 2.24) is 14.9 Å². The number of carbonyl (C=O) groups excluding carboxylic acids is 1. The quantitative estimate of drug-likeness (QED) is 0.809. The molecule has 0 aliphatic carbocycles. The van der Waals surface area contributed by atoms with Crippen LogP contribution in [0.25, 0.3) is 0 Å². The molecule has 0 saturated carbocycles. The first-order valence-electron chi connectivity index (χ1n) is 7.96. The van der Waals surface area contributed by atoms with Gasteiger partial charge in [-0.1, -0.05) is 0 Å². The number of aryl methyl sites for hydroxylation is 1. The van der Waals surface area contributed by atoms with E-state index in [1.807, 2.05) is 30.8 Å². The maximum Gasteiger partial charge on any atom is 0.228 e. The van der Waals surface area contributed by atoms with Gasteiger partial charge in [-0.25, -0.2) is 9.97 Å². The van der Waals surface area contributed by atoms with Gasteiger partial charge in [-0.05, 0) is 19.8 Å². The highest BCUT2D eigenvalue weighted by molar-refractivity contribution is 5.79. The lowest BCUT2D eigenvalue weighted by molar-refractivity contribution is -0.135. The van der Waals surface area contributed by atoms with Crippen LogP contribution in [-0.2, 0) is 22.4 Å². The lowest BCUT2D eigenvalue weighted by Gasteiger charge is -2.23. The Balaban J connectivity index is 1.80. The number of rotatable bonds is 2. The second-order valence-corrected chi connectivity index (χ2v) is 6.30. The molecule has 6 heteroatoms. The maximum atomic E-state index is 12.6. The predicted octanol–water partition coefficient (Wildman–Crippen LogP) is 0.815. The summed E-state index contributed by atoms with van der Waals surface area (Å²) in [5, 5.41) is 0. The summed E-state index contributed by atoms with van der Waals surface area (Å²) in [6.07, 6.45) is 2.48. The van der Waals surface area contributed by atoms with Gasteiger partial charge in [0.15, 0.2) is 0 Å². The summed E-state index contributed by atoms with van der Waals surface area (Å²) >= 11 is 0. The van der Waals surface area contributed by atoms with Crippen molar-refractivity contribution in [3.05, 3.63) is 17.1 Å². The SMILES string of the molecule is Cc1nc2c(c(N(C)C)n1)CCN(C(=O)[C@@H]1CCOC1)CC2. The van der Waals surface area contributed by atoms with Crippen molar-refractivity contribution in [2.24, 2.45) is 5.92 Å². The molecular formula is C16H24N4O2. The number of ether oxygens (including phenoxy) is 1. The van der Waals surface area contributed by atoms with E-state index in [1.165, 1.54) is 5.56 Å². The Labute approximate surface area is 131 Å². The Morgan fingerprint density at radius 2 is 2.05 bits per heavy atom. The molecule has 1 aromatic rings. The number of aromatic nitrogens is 2. The van der Waals surface area contributed by atoms with Crippen LogP contribution in [0, 0.1) is 12.8 Å². The third-order valence-corrected chi connectivity index (χ3v) is 4.45. The van der Waals surface area contributed by atoms with Crippen LogP contribution < -0.4 is 4.90 Å². The normalized spacial score (nSPS) is 21.4. The van der Waals surface area contributed by atoms with Crippen LogP contribution in [0.1, 0.15) is 23.5 Å². The maximum absolute atomic E-state index is 12.6. The van der Waals surface area contributed by atoms with Gasteiger partial charge < -0.3 is 14.5 Å². The first-order chi connectivity index (χ1) is 10.6. The van der Waals surface area contributed by atoms with E-state index in [1.54, 1.807) is 0 Å². The number of hydrogen-bond acceptors (Lipinski definition) is 5. The van der Waals surface area contributed by atoms with E-state index in [9.17, 15) is 4.79 Å².